The van der Waals surface area contributed by atoms with Crippen molar-refractivity contribution < 1.29 is 0 Å². The van der Waals surface area contributed by atoms with Crippen molar-refractivity contribution in [3.05, 3.63) is 20.0 Å². The monoisotopic (exact) mass is 290 g/mol. The average Bonchev–Trinajstić information content (AvgIpc) is 2.72. The number of aromatic nitrogens is 3. The normalized spacial score (nSPS) is 10.4. The second-order valence-electron chi connectivity index (χ2n) is 2.60. The zero-order valence-corrected chi connectivity index (χ0v) is 10.5. The van der Waals surface area contributed by atoms with Gasteiger partial charge in [-0.05, 0) is 22.9 Å². The molecule has 2 heterocycles. The summed E-state index contributed by atoms with van der Waals surface area (Å²) in [7, 11) is 0. The topological polar surface area (TPSA) is 50.7 Å². The molecule has 7 heteroatoms. The summed E-state index contributed by atoms with van der Waals surface area (Å²) in [5, 5.41) is 14.8. The Bertz CT molecular complexity index is 385. The highest BCUT2D eigenvalue weighted by molar-refractivity contribution is 9.11. The minimum atomic E-state index is 0.708. The van der Waals surface area contributed by atoms with Gasteiger partial charge in [0.05, 0.1) is 6.54 Å². The molecule has 0 aliphatic heterocycles. The van der Waals surface area contributed by atoms with E-state index in [-0.39, 0.29) is 0 Å². The van der Waals surface area contributed by atoms with Gasteiger partial charge in [-0.25, -0.2) is 4.98 Å². The molecule has 2 rings (SSSR count). The largest absolute Gasteiger partial charge is 0.354 e. The molecular formula is C7H7BrN4S2. The maximum atomic E-state index is 4.33. The Morgan fingerprint density at radius 2 is 2.36 bits per heavy atom. The molecule has 0 bridgehead atoms. The predicted octanol–water partition coefficient (Wildman–Crippen LogP) is 2.68. The van der Waals surface area contributed by atoms with Gasteiger partial charge in [0.2, 0.25) is 5.13 Å². The van der Waals surface area contributed by atoms with Gasteiger partial charge >= 0.3 is 0 Å². The van der Waals surface area contributed by atoms with E-state index in [0.29, 0.717) is 6.54 Å². The Morgan fingerprint density at radius 3 is 2.93 bits per heavy atom. The summed E-state index contributed by atoms with van der Waals surface area (Å²) in [6, 6.07) is 0. The zero-order chi connectivity index (χ0) is 9.97. The number of thiazole rings is 1. The lowest BCUT2D eigenvalue weighted by molar-refractivity contribution is 1.02. The average molecular weight is 291 g/mol. The third-order valence-corrected chi connectivity index (χ3v) is 3.74. The van der Waals surface area contributed by atoms with Crippen molar-refractivity contribution in [2.24, 2.45) is 0 Å². The lowest BCUT2D eigenvalue weighted by atomic mass is 10.6. The molecule has 0 radical (unpaired) electrons. The molecule has 0 amide bonds. The van der Waals surface area contributed by atoms with Crippen LogP contribution in [0, 0.1) is 6.92 Å². The van der Waals surface area contributed by atoms with E-state index in [4.69, 9.17) is 0 Å². The summed E-state index contributed by atoms with van der Waals surface area (Å²) in [5.41, 5.74) is 1.06. The van der Waals surface area contributed by atoms with Crippen molar-refractivity contribution in [2.75, 3.05) is 5.32 Å². The minimum Gasteiger partial charge on any atom is -0.354 e. The molecule has 0 atom stereocenters. The first-order chi connectivity index (χ1) is 6.74. The van der Waals surface area contributed by atoms with Crippen molar-refractivity contribution in [2.45, 2.75) is 13.5 Å². The fraction of sp³-hybridized carbons (Fsp3) is 0.286. The number of hydrogen-bond acceptors (Lipinski definition) is 6. The van der Waals surface area contributed by atoms with Gasteiger partial charge in [-0.2, -0.15) is 0 Å². The van der Waals surface area contributed by atoms with E-state index in [1.54, 1.807) is 11.3 Å². The van der Waals surface area contributed by atoms with Gasteiger partial charge in [-0.1, -0.05) is 11.3 Å². The van der Waals surface area contributed by atoms with E-state index in [2.05, 4.69) is 36.4 Å². The van der Waals surface area contributed by atoms with Crippen LogP contribution in [0.4, 0.5) is 5.13 Å². The molecule has 0 saturated heterocycles. The summed E-state index contributed by atoms with van der Waals surface area (Å²) in [6.07, 6.45) is 0. The molecule has 0 saturated carbocycles. The highest BCUT2D eigenvalue weighted by Crippen LogP contribution is 2.21. The first kappa shape index (κ1) is 10.0. The summed E-state index contributed by atoms with van der Waals surface area (Å²) >= 11 is 6.38. The molecule has 0 unspecified atom stereocenters. The maximum absolute atomic E-state index is 4.33. The minimum absolute atomic E-state index is 0.708. The Balaban J connectivity index is 1.94. The van der Waals surface area contributed by atoms with Crippen molar-refractivity contribution in [1.82, 2.24) is 15.2 Å². The van der Waals surface area contributed by atoms with Gasteiger partial charge in [-0.15, -0.1) is 21.5 Å². The molecule has 0 aromatic carbocycles. The van der Waals surface area contributed by atoms with Gasteiger partial charge in [0.1, 0.15) is 5.01 Å². The van der Waals surface area contributed by atoms with Crippen LogP contribution in [-0.2, 0) is 6.54 Å². The van der Waals surface area contributed by atoms with Crippen LogP contribution in [0.2, 0.25) is 0 Å². The van der Waals surface area contributed by atoms with Crippen LogP contribution in [-0.4, -0.2) is 15.2 Å². The fourth-order valence-corrected chi connectivity index (χ4v) is 2.63. The molecule has 74 valence electrons. The molecule has 14 heavy (non-hydrogen) atoms. The van der Waals surface area contributed by atoms with Gasteiger partial charge in [0.15, 0.2) is 3.92 Å². The van der Waals surface area contributed by atoms with Crippen molar-refractivity contribution in [1.29, 1.82) is 0 Å². The third kappa shape index (κ3) is 2.49. The number of nitrogens with one attached hydrogen (secondary N) is 1. The first-order valence-corrected chi connectivity index (χ1v) is 6.37. The summed E-state index contributed by atoms with van der Waals surface area (Å²) in [6.45, 7) is 2.70. The van der Waals surface area contributed by atoms with Crippen LogP contribution >= 0.6 is 38.6 Å². The Hall–Kier alpha value is -0.530. The van der Waals surface area contributed by atoms with Crippen LogP contribution < -0.4 is 5.32 Å². The zero-order valence-electron chi connectivity index (χ0n) is 7.32. The van der Waals surface area contributed by atoms with Crippen molar-refractivity contribution >= 4 is 43.7 Å². The molecule has 2 aromatic rings. The highest BCUT2D eigenvalue weighted by atomic mass is 79.9. The molecule has 2 aromatic heterocycles. The van der Waals surface area contributed by atoms with E-state index in [1.807, 2.05) is 12.3 Å². The van der Waals surface area contributed by atoms with E-state index in [1.165, 1.54) is 11.3 Å². The van der Waals surface area contributed by atoms with Crippen LogP contribution in [0.25, 0.3) is 0 Å². The molecule has 0 spiro atoms. The van der Waals surface area contributed by atoms with Crippen LogP contribution in [0.3, 0.4) is 0 Å². The Labute approximate surface area is 97.5 Å². The van der Waals surface area contributed by atoms with Crippen LogP contribution in [0.15, 0.2) is 9.30 Å². The second-order valence-corrected chi connectivity index (χ2v) is 5.79. The lowest BCUT2D eigenvalue weighted by Gasteiger charge is -1.96. The first-order valence-electron chi connectivity index (χ1n) is 3.88. The van der Waals surface area contributed by atoms with Gasteiger partial charge in [0, 0.05) is 11.1 Å². The Kier molecular flexibility index (Phi) is 3.09. The molecular weight excluding hydrogens is 284 g/mol. The van der Waals surface area contributed by atoms with Crippen LogP contribution in [0.5, 0.6) is 0 Å². The van der Waals surface area contributed by atoms with E-state index in [9.17, 15) is 0 Å². The summed E-state index contributed by atoms with van der Waals surface area (Å²) in [4.78, 5) is 4.33. The number of hydrogen-bond donors (Lipinski definition) is 1. The number of nitrogens with zero attached hydrogens (tertiary/aromatic N) is 3. The van der Waals surface area contributed by atoms with E-state index in [0.717, 1.165) is 19.8 Å². The fourth-order valence-electron chi connectivity index (χ4n) is 0.912. The summed E-state index contributed by atoms with van der Waals surface area (Å²) in [5.74, 6) is 0. The van der Waals surface area contributed by atoms with Crippen LogP contribution in [0.1, 0.15) is 10.7 Å². The van der Waals surface area contributed by atoms with Crippen molar-refractivity contribution in [3.8, 4) is 0 Å². The van der Waals surface area contributed by atoms with Gasteiger partial charge in [0.25, 0.3) is 0 Å². The number of aryl methyl sites for hydroxylation is 1. The number of anilines is 1. The predicted molar refractivity (Wildman–Crippen MR) is 61.8 cm³/mol. The summed E-state index contributed by atoms with van der Waals surface area (Å²) < 4.78 is 0.787. The maximum Gasteiger partial charge on any atom is 0.206 e. The smallest absolute Gasteiger partial charge is 0.206 e. The lowest BCUT2D eigenvalue weighted by Crippen LogP contribution is -1.98. The molecule has 4 nitrogen and oxygen atoms in total. The van der Waals surface area contributed by atoms with Crippen molar-refractivity contribution in [3.63, 3.8) is 0 Å². The quantitative estimate of drug-likeness (QED) is 0.944. The second kappa shape index (κ2) is 4.33. The molecule has 0 fully saturated rings. The number of rotatable bonds is 3. The van der Waals surface area contributed by atoms with Gasteiger partial charge in [-0.3, -0.25) is 0 Å². The van der Waals surface area contributed by atoms with E-state index >= 15 is 0 Å². The SMILES string of the molecule is Cc1csc(CNc2nnc(Br)s2)n1. The number of halogens is 1. The van der Waals surface area contributed by atoms with Gasteiger partial charge < -0.3 is 5.32 Å². The third-order valence-electron chi connectivity index (χ3n) is 1.46. The van der Waals surface area contributed by atoms with E-state index < -0.39 is 0 Å². The standard InChI is InChI=1S/C7H7BrN4S2/c1-4-3-13-5(10-4)2-9-7-12-11-6(8)14-7/h3H,2H2,1H3,(H,9,12). The molecule has 0 aliphatic carbocycles. The molecule has 1 N–H and O–H groups in total. The highest BCUT2D eigenvalue weighted by Gasteiger charge is 2.02. The molecule has 0 aliphatic rings. The Morgan fingerprint density at radius 1 is 1.50 bits per heavy atom.